The molecule has 1 amide bonds. The summed E-state index contributed by atoms with van der Waals surface area (Å²) in [6.07, 6.45) is 3.26. The third-order valence-corrected chi connectivity index (χ3v) is 4.27. The molecule has 1 saturated heterocycles. The topological polar surface area (TPSA) is 50.6 Å². The Hall–Kier alpha value is -2.18. The van der Waals surface area contributed by atoms with Crippen molar-refractivity contribution in [3.05, 3.63) is 54.4 Å². The number of morpholine rings is 1. The van der Waals surface area contributed by atoms with Crippen molar-refractivity contribution in [1.82, 2.24) is 19.6 Å². The van der Waals surface area contributed by atoms with Crippen molar-refractivity contribution < 1.29 is 9.53 Å². The molecule has 1 fully saturated rings. The van der Waals surface area contributed by atoms with Gasteiger partial charge < -0.3 is 9.64 Å². The van der Waals surface area contributed by atoms with Crippen molar-refractivity contribution in [2.75, 3.05) is 33.3 Å². The fourth-order valence-corrected chi connectivity index (χ4v) is 2.88. The fourth-order valence-electron chi connectivity index (χ4n) is 2.88. The van der Waals surface area contributed by atoms with Crippen LogP contribution in [0.2, 0.25) is 0 Å². The van der Waals surface area contributed by atoms with Crippen LogP contribution >= 0.6 is 0 Å². The largest absolute Gasteiger partial charge is 0.366 e. The maximum atomic E-state index is 12.6. The van der Waals surface area contributed by atoms with E-state index in [9.17, 15) is 4.79 Å². The van der Waals surface area contributed by atoms with Crippen LogP contribution in [0.3, 0.4) is 0 Å². The van der Waals surface area contributed by atoms with Crippen LogP contribution in [-0.2, 0) is 22.6 Å². The van der Waals surface area contributed by atoms with Crippen molar-refractivity contribution >= 4 is 5.91 Å². The average molecular weight is 328 g/mol. The van der Waals surface area contributed by atoms with E-state index in [0.717, 1.165) is 13.1 Å². The van der Waals surface area contributed by atoms with Gasteiger partial charge in [0.2, 0.25) is 0 Å². The minimum Gasteiger partial charge on any atom is -0.366 e. The Kier molecular flexibility index (Phi) is 5.61. The van der Waals surface area contributed by atoms with Crippen molar-refractivity contribution in [3.63, 3.8) is 0 Å². The predicted octanol–water partition coefficient (Wildman–Crippen LogP) is 1.24. The summed E-state index contributed by atoms with van der Waals surface area (Å²) in [5.74, 6) is 0.0416. The molecule has 2 aromatic rings. The number of aromatic nitrogens is 2. The molecule has 128 valence electrons. The minimum atomic E-state index is -0.384. The highest BCUT2D eigenvalue weighted by Crippen LogP contribution is 2.12. The van der Waals surface area contributed by atoms with Crippen LogP contribution in [0.5, 0.6) is 0 Å². The molecule has 1 aromatic carbocycles. The zero-order valence-electron chi connectivity index (χ0n) is 14.0. The fraction of sp³-hybridized carbons (Fsp3) is 0.444. The first-order chi connectivity index (χ1) is 11.7. The number of carbonyl (C=O) groups is 1. The second-order valence-electron chi connectivity index (χ2n) is 6.11. The van der Waals surface area contributed by atoms with Crippen molar-refractivity contribution in [2.45, 2.75) is 19.2 Å². The number of hydrogen-bond donors (Lipinski definition) is 0. The molecule has 2 heterocycles. The van der Waals surface area contributed by atoms with E-state index in [1.54, 1.807) is 11.1 Å². The lowest BCUT2D eigenvalue weighted by atomic mass is 10.2. The van der Waals surface area contributed by atoms with Gasteiger partial charge in [-0.2, -0.15) is 5.10 Å². The van der Waals surface area contributed by atoms with Crippen molar-refractivity contribution in [2.24, 2.45) is 0 Å². The SMILES string of the molecule is CN(CCn1cccn1)C(=O)[C@@H]1CN(Cc2ccccc2)CCO1. The lowest BCUT2D eigenvalue weighted by molar-refractivity contribution is -0.148. The molecule has 6 heteroatoms. The number of ether oxygens (including phenoxy) is 1. The molecule has 24 heavy (non-hydrogen) atoms. The van der Waals surface area contributed by atoms with Crippen LogP contribution in [0.15, 0.2) is 48.8 Å². The molecule has 0 aliphatic carbocycles. The van der Waals surface area contributed by atoms with E-state index in [4.69, 9.17) is 4.74 Å². The number of hydrogen-bond acceptors (Lipinski definition) is 4. The van der Waals surface area contributed by atoms with Gasteiger partial charge >= 0.3 is 0 Å². The summed E-state index contributed by atoms with van der Waals surface area (Å²) in [6, 6.07) is 12.2. The number of carbonyl (C=O) groups excluding carboxylic acids is 1. The molecule has 0 bridgehead atoms. The smallest absolute Gasteiger partial charge is 0.252 e. The predicted molar refractivity (Wildman–Crippen MR) is 91.3 cm³/mol. The van der Waals surface area contributed by atoms with E-state index < -0.39 is 0 Å². The van der Waals surface area contributed by atoms with Gasteiger partial charge in [-0.25, -0.2) is 0 Å². The number of amides is 1. The third kappa shape index (κ3) is 4.43. The van der Waals surface area contributed by atoms with Gasteiger partial charge in [-0.1, -0.05) is 30.3 Å². The molecule has 3 rings (SSSR count). The molecule has 1 aliphatic rings. The van der Waals surface area contributed by atoms with Gasteiger partial charge in [0, 0.05) is 45.6 Å². The molecular weight excluding hydrogens is 304 g/mol. The van der Waals surface area contributed by atoms with Gasteiger partial charge in [0.15, 0.2) is 0 Å². The van der Waals surface area contributed by atoms with Gasteiger partial charge in [-0.3, -0.25) is 14.4 Å². The van der Waals surface area contributed by atoms with Gasteiger partial charge in [0.1, 0.15) is 6.10 Å². The van der Waals surface area contributed by atoms with Crippen LogP contribution in [-0.4, -0.2) is 64.9 Å². The first-order valence-electron chi connectivity index (χ1n) is 8.32. The van der Waals surface area contributed by atoms with E-state index >= 15 is 0 Å². The van der Waals surface area contributed by atoms with Gasteiger partial charge in [-0.15, -0.1) is 0 Å². The van der Waals surface area contributed by atoms with E-state index in [1.165, 1.54) is 5.56 Å². The maximum Gasteiger partial charge on any atom is 0.252 e. The van der Waals surface area contributed by atoms with Gasteiger partial charge in [-0.05, 0) is 11.6 Å². The lowest BCUT2D eigenvalue weighted by Gasteiger charge is -2.34. The molecule has 0 spiro atoms. The second kappa shape index (κ2) is 8.08. The summed E-state index contributed by atoms with van der Waals surface area (Å²) in [5.41, 5.74) is 1.26. The Labute approximate surface area is 142 Å². The zero-order chi connectivity index (χ0) is 16.8. The summed E-state index contributed by atoms with van der Waals surface area (Å²) in [4.78, 5) is 16.6. The molecule has 1 atom stereocenters. The summed E-state index contributed by atoms with van der Waals surface area (Å²) in [5, 5.41) is 4.16. The van der Waals surface area contributed by atoms with E-state index in [2.05, 4.69) is 22.1 Å². The number of likely N-dealkylation sites (N-methyl/N-ethyl adjacent to an activating group) is 1. The van der Waals surface area contributed by atoms with Gasteiger partial charge in [0.05, 0.1) is 13.2 Å². The van der Waals surface area contributed by atoms with Gasteiger partial charge in [0.25, 0.3) is 5.91 Å². The zero-order valence-corrected chi connectivity index (χ0v) is 14.0. The highest BCUT2D eigenvalue weighted by Gasteiger charge is 2.28. The van der Waals surface area contributed by atoms with Crippen LogP contribution in [0.4, 0.5) is 0 Å². The molecule has 0 saturated carbocycles. The number of benzene rings is 1. The molecule has 1 aromatic heterocycles. The third-order valence-electron chi connectivity index (χ3n) is 4.27. The summed E-state index contributed by atoms with van der Waals surface area (Å²) in [7, 11) is 1.82. The Morgan fingerprint density at radius 2 is 2.17 bits per heavy atom. The van der Waals surface area contributed by atoms with Crippen LogP contribution in [0.25, 0.3) is 0 Å². The first-order valence-corrected chi connectivity index (χ1v) is 8.32. The average Bonchev–Trinajstić information content (AvgIpc) is 3.14. The van der Waals surface area contributed by atoms with Crippen LogP contribution < -0.4 is 0 Å². The van der Waals surface area contributed by atoms with Crippen LogP contribution in [0.1, 0.15) is 5.56 Å². The highest BCUT2D eigenvalue weighted by atomic mass is 16.5. The van der Waals surface area contributed by atoms with Crippen LogP contribution in [0, 0.1) is 0 Å². The first kappa shape index (κ1) is 16.7. The summed E-state index contributed by atoms with van der Waals surface area (Å²) < 4.78 is 7.54. The normalized spacial score (nSPS) is 18.5. The molecule has 6 nitrogen and oxygen atoms in total. The molecule has 0 unspecified atom stereocenters. The quantitative estimate of drug-likeness (QED) is 0.801. The Bertz CT molecular complexity index is 630. The monoisotopic (exact) mass is 328 g/mol. The standard InChI is InChI=1S/C18H24N4O2/c1-20(10-11-22-9-5-8-19-22)18(23)17-15-21(12-13-24-17)14-16-6-3-2-4-7-16/h2-9,17H,10-15H2,1H3/t17-/m0/s1. The molecule has 1 aliphatic heterocycles. The molecular formula is C18H24N4O2. The van der Waals surface area contributed by atoms with E-state index in [-0.39, 0.29) is 12.0 Å². The van der Waals surface area contributed by atoms with E-state index in [1.807, 2.05) is 42.2 Å². The number of rotatable bonds is 6. The Morgan fingerprint density at radius 1 is 1.33 bits per heavy atom. The summed E-state index contributed by atoms with van der Waals surface area (Å²) in [6.45, 7) is 4.26. The Morgan fingerprint density at radius 3 is 2.92 bits per heavy atom. The van der Waals surface area contributed by atoms with Crippen molar-refractivity contribution in [3.8, 4) is 0 Å². The van der Waals surface area contributed by atoms with E-state index in [0.29, 0.717) is 26.2 Å². The summed E-state index contributed by atoms with van der Waals surface area (Å²) >= 11 is 0. The maximum absolute atomic E-state index is 12.6. The molecule has 0 N–H and O–H groups in total. The lowest BCUT2D eigenvalue weighted by Crippen LogP contribution is -2.50. The second-order valence-corrected chi connectivity index (χ2v) is 6.11. The van der Waals surface area contributed by atoms with Crippen molar-refractivity contribution in [1.29, 1.82) is 0 Å². The molecule has 0 radical (unpaired) electrons. The highest BCUT2D eigenvalue weighted by molar-refractivity contribution is 5.81. The Balaban J connectivity index is 1.50. The minimum absolute atomic E-state index is 0.0416. The number of nitrogens with zero attached hydrogens (tertiary/aromatic N) is 4.